The van der Waals surface area contributed by atoms with Gasteiger partial charge in [0, 0.05) is 6.20 Å². The van der Waals surface area contributed by atoms with E-state index in [1.54, 1.807) is 6.20 Å². The third-order valence-corrected chi connectivity index (χ3v) is 3.11. The summed E-state index contributed by atoms with van der Waals surface area (Å²) in [5.41, 5.74) is 0.805. The number of halogens is 1. The van der Waals surface area contributed by atoms with Gasteiger partial charge in [-0.3, -0.25) is 9.78 Å². The number of aromatic nitrogens is 3. The van der Waals surface area contributed by atoms with Gasteiger partial charge >= 0.3 is 0 Å². The topological polar surface area (TPSA) is 67.8 Å². The SMILES string of the molecule is O=C(NCc1ccccn1)c1nnc(Br)s1. The molecule has 0 saturated heterocycles. The molecule has 0 spiro atoms. The zero-order chi connectivity index (χ0) is 11.4. The molecular formula is C9H7BrN4OS. The van der Waals surface area contributed by atoms with Gasteiger partial charge < -0.3 is 5.32 Å². The van der Waals surface area contributed by atoms with Gasteiger partial charge in [-0.05, 0) is 28.1 Å². The second kappa shape index (κ2) is 5.13. The van der Waals surface area contributed by atoms with E-state index in [0.29, 0.717) is 15.5 Å². The Morgan fingerprint density at radius 2 is 2.31 bits per heavy atom. The second-order valence-corrected chi connectivity index (χ2v) is 5.12. The van der Waals surface area contributed by atoms with E-state index in [9.17, 15) is 4.79 Å². The molecule has 2 aromatic heterocycles. The van der Waals surface area contributed by atoms with Crippen molar-refractivity contribution < 1.29 is 4.79 Å². The Morgan fingerprint density at radius 1 is 1.44 bits per heavy atom. The van der Waals surface area contributed by atoms with Gasteiger partial charge in [-0.25, -0.2) is 0 Å². The summed E-state index contributed by atoms with van der Waals surface area (Å²) < 4.78 is 0.593. The number of pyridine rings is 1. The Kier molecular flexibility index (Phi) is 3.58. The molecule has 0 atom stereocenters. The highest BCUT2D eigenvalue weighted by Gasteiger charge is 2.11. The van der Waals surface area contributed by atoms with Gasteiger partial charge in [0.15, 0.2) is 3.92 Å². The summed E-state index contributed by atoms with van der Waals surface area (Å²) in [7, 11) is 0. The van der Waals surface area contributed by atoms with Gasteiger partial charge in [-0.1, -0.05) is 17.4 Å². The zero-order valence-electron chi connectivity index (χ0n) is 8.05. The van der Waals surface area contributed by atoms with Gasteiger partial charge in [0.1, 0.15) is 0 Å². The summed E-state index contributed by atoms with van der Waals surface area (Å²) in [6.07, 6.45) is 1.68. The highest BCUT2D eigenvalue weighted by molar-refractivity contribution is 9.11. The summed E-state index contributed by atoms with van der Waals surface area (Å²) in [5.74, 6) is -0.242. The number of nitrogens with one attached hydrogen (secondary N) is 1. The largest absolute Gasteiger partial charge is 0.344 e. The standard InChI is InChI=1S/C9H7BrN4OS/c10-9-14-13-8(16-9)7(15)12-5-6-3-1-2-4-11-6/h1-4H,5H2,(H,12,15). The summed E-state index contributed by atoms with van der Waals surface area (Å²) in [6.45, 7) is 0.386. The van der Waals surface area contributed by atoms with E-state index in [1.807, 2.05) is 18.2 Å². The van der Waals surface area contributed by atoms with E-state index in [2.05, 4.69) is 36.4 Å². The van der Waals surface area contributed by atoms with Crippen LogP contribution in [0.2, 0.25) is 0 Å². The molecule has 5 nitrogen and oxygen atoms in total. The number of nitrogens with zero attached hydrogens (tertiary/aromatic N) is 3. The maximum atomic E-state index is 11.6. The van der Waals surface area contributed by atoms with E-state index in [0.717, 1.165) is 5.69 Å². The van der Waals surface area contributed by atoms with E-state index in [1.165, 1.54) is 11.3 Å². The average Bonchev–Trinajstić information content (AvgIpc) is 2.74. The Balaban J connectivity index is 1.94. The Labute approximate surface area is 104 Å². The molecule has 2 heterocycles. The maximum absolute atomic E-state index is 11.6. The van der Waals surface area contributed by atoms with Crippen LogP contribution in [0, 0.1) is 0 Å². The molecule has 0 radical (unpaired) electrons. The van der Waals surface area contributed by atoms with Crippen LogP contribution in [0.3, 0.4) is 0 Å². The first-order valence-electron chi connectivity index (χ1n) is 4.43. The molecule has 0 aliphatic carbocycles. The molecule has 2 aromatic rings. The van der Waals surface area contributed by atoms with Crippen LogP contribution >= 0.6 is 27.3 Å². The molecule has 0 aliphatic rings. The third kappa shape index (κ3) is 2.83. The maximum Gasteiger partial charge on any atom is 0.282 e. The van der Waals surface area contributed by atoms with Gasteiger partial charge in [0.25, 0.3) is 5.91 Å². The smallest absolute Gasteiger partial charge is 0.282 e. The number of amides is 1. The lowest BCUT2D eigenvalue weighted by Gasteiger charge is -2.00. The van der Waals surface area contributed by atoms with Crippen LogP contribution in [0.15, 0.2) is 28.3 Å². The summed E-state index contributed by atoms with van der Waals surface area (Å²) in [5, 5.41) is 10.5. The van der Waals surface area contributed by atoms with Gasteiger partial charge in [0.05, 0.1) is 12.2 Å². The van der Waals surface area contributed by atoms with Crippen LogP contribution in [0.1, 0.15) is 15.5 Å². The zero-order valence-corrected chi connectivity index (χ0v) is 10.5. The molecule has 2 rings (SSSR count). The quantitative estimate of drug-likeness (QED) is 0.935. The first-order chi connectivity index (χ1) is 7.75. The van der Waals surface area contributed by atoms with Gasteiger partial charge in [0.2, 0.25) is 5.01 Å². The Morgan fingerprint density at radius 3 is 2.94 bits per heavy atom. The van der Waals surface area contributed by atoms with Crippen LogP contribution in [0.4, 0.5) is 0 Å². The number of rotatable bonds is 3. The van der Waals surface area contributed by atoms with Crippen molar-refractivity contribution in [3.05, 3.63) is 39.0 Å². The highest BCUT2D eigenvalue weighted by Crippen LogP contribution is 2.15. The van der Waals surface area contributed by atoms with Crippen molar-refractivity contribution >= 4 is 33.2 Å². The van der Waals surface area contributed by atoms with Crippen molar-refractivity contribution in [3.8, 4) is 0 Å². The highest BCUT2D eigenvalue weighted by atomic mass is 79.9. The molecule has 0 aliphatic heterocycles. The fraction of sp³-hybridized carbons (Fsp3) is 0.111. The van der Waals surface area contributed by atoms with E-state index >= 15 is 0 Å². The van der Waals surface area contributed by atoms with Crippen LogP contribution in [-0.2, 0) is 6.54 Å². The van der Waals surface area contributed by atoms with E-state index in [-0.39, 0.29) is 5.91 Å². The molecule has 1 N–H and O–H groups in total. The molecular weight excluding hydrogens is 292 g/mol. The normalized spacial score (nSPS) is 10.1. The summed E-state index contributed by atoms with van der Waals surface area (Å²) in [6, 6.07) is 5.54. The van der Waals surface area contributed by atoms with Crippen molar-refractivity contribution in [2.24, 2.45) is 0 Å². The number of carbonyl (C=O) groups is 1. The molecule has 0 bridgehead atoms. The van der Waals surface area contributed by atoms with Crippen molar-refractivity contribution in [1.82, 2.24) is 20.5 Å². The van der Waals surface area contributed by atoms with E-state index in [4.69, 9.17) is 0 Å². The van der Waals surface area contributed by atoms with Crippen molar-refractivity contribution in [2.75, 3.05) is 0 Å². The summed E-state index contributed by atoms with van der Waals surface area (Å²) >= 11 is 4.34. The lowest BCUT2D eigenvalue weighted by molar-refractivity contribution is 0.0949. The lowest BCUT2D eigenvalue weighted by atomic mass is 10.3. The predicted octanol–water partition coefficient (Wildman–Crippen LogP) is 1.63. The lowest BCUT2D eigenvalue weighted by Crippen LogP contribution is -2.23. The molecule has 1 amide bonds. The third-order valence-electron chi connectivity index (χ3n) is 1.75. The molecule has 0 unspecified atom stereocenters. The summed E-state index contributed by atoms with van der Waals surface area (Å²) in [4.78, 5) is 15.7. The minimum absolute atomic E-state index is 0.242. The fourth-order valence-corrected chi connectivity index (χ4v) is 2.07. The fourth-order valence-electron chi connectivity index (χ4n) is 1.05. The first kappa shape index (κ1) is 11.2. The first-order valence-corrected chi connectivity index (χ1v) is 6.04. The van der Waals surface area contributed by atoms with E-state index < -0.39 is 0 Å². The van der Waals surface area contributed by atoms with Crippen LogP contribution in [0.25, 0.3) is 0 Å². The minimum atomic E-state index is -0.242. The van der Waals surface area contributed by atoms with Gasteiger partial charge in [-0.2, -0.15) is 0 Å². The average molecular weight is 299 g/mol. The van der Waals surface area contributed by atoms with Crippen molar-refractivity contribution in [2.45, 2.75) is 6.54 Å². The minimum Gasteiger partial charge on any atom is -0.344 e. The Bertz CT molecular complexity index is 487. The van der Waals surface area contributed by atoms with Crippen LogP contribution < -0.4 is 5.32 Å². The molecule has 82 valence electrons. The Hall–Kier alpha value is -1.34. The second-order valence-electron chi connectivity index (χ2n) is 2.86. The number of hydrogen-bond donors (Lipinski definition) is 1. The molecule has 0 fully saturated rings. The van der Waals surface area contributed by atoms with Crippen molar-refractivity contribution in [3.63, 3.8) is 0 Å². The molecule has 0 saturated carbocycles. The van der Waals surface area contributed by atoms with Crippen LogP contribution in [-0.4, -0.2) is 21.1 Å². The monoisotopic (exact) mass is 298 g/mol. The van der Waals surface area contributed by atoms with Crippen molar-refractivity contribution in [1.29, 1.82) is 0 Å². The van der Waals surface area contributed by atoms with Gasteiger partial charge in [-0.15, -0.1) is 10.2 Å². The molecule has 16 heavy (non-hydrogen) atoms. The van der Waals surface area contributed by atoms with Crippen LogP contribution in [0.5, 0.6) is 0 Å². The number of hydrogen-bond acceptors (Lipinski definition) is 5. The molecule has 0 aromatic carbocycles. The number of carbonyl (C=O) groups excluding carboxylic acids is 1. The predicted molar refractivity (Wildman–Crippen MR) is 63.0 cm³/mol. The molecule has 7 heteroatoms.